The first kappa shape index (κ1) is 10.7. The lowest BCUT2D eigenvalue weighted by molar-refractivity contribution is 0.973. The van der Waals surface area contributed by atoms with E-state index in [0.717, 1.165) is 10.7 Å². The SMILES string of the molecule is Cc1cccc(NC(C#N)c2nccs2)c1. The second-order valence-corrected chi connectivity index (χ2v) is 4.37. The molecule has 1 aromatic heterocycles. The zero-order chi connectivity index (χ0) is 11.4. The monoisotopic (exact) mass is 229 g/mol. The molecule has 1 atom stereocenters. The third-order valence-corrected chi connectivity index (χ3v) is 3.00. The Morgan fingerprint density at radius 2 is 2.38 bits per heavy atom. The van der Waals surface area contributed by atoms with E-state index in [4.69, 9.17) is 5.26 Å². The molecule has 80 valence electrons. The van der Waals surface area contributed by atoms with Gasteiger partial charge in [-0.2, -0.15) is 5.26 Å². The fraction of sp³-hybridized carbons (Fsp3) is 0.167. The number of aryl methyl sites for hydroxylation is 1. The second kappa shape index (κ2) is 4.77. The van der Waals surface area contributed by atoms with Gasteiger partial charge in [0.15, 0.2) is 6.04 Å². The van der Waals surface area contributed by atoms with Gasteiger partial charge in [-0.25, -0.2) is 4.98 Å². The van der Waals surface area contributed by atoms with Crippen molar-refractivity contribution in [2.45, 2.75) is 13.0 Å². The Balaban J connectivity index is 2.17. The summed E-state index contributed by atoms with van der Waals surface area (Å²) in [7, 11) is 0. The molecule has 2 aromatic rings. The Morgan fingerprint density at radius 1 is 1.50 bits per heavy atom. The largest absolute Gasteiger partial charge is 0.364 e. The van der Waals surface area contributed by atoms with Crippen molar-refractivity contribution in [3.05, 3.63) is 46.4 Å². The van der Waals surface area contributed by atoms with E-state index in [0.29, 0.717) is 0 Å². The Hall–Kier alpha value is -1.86. The van der Waals surface area contributed by atoms with E-state index in [1.165, 1.54) is 16.9 Å². The summed E-state index contributed by atoms with van der Waals surface area (Å²) in [5.74, 6) is 0. The number of nitrogens with one attached hydrogen (secondary N) is 1. The van der Waals surface area contributed by atoms with Crippen LogP contribution in [0.2, 0.25) is 0 Å². The molecule has 0 aliphatic heterocycles. The van der Waals surface area contributed by atoms with E-state index in [9.17, 15) is 0 Å². The van der Waals surface area contributed by atoms with Crippen LogP contribution in [0, 0.1) is 18.3 Å². The standard InChI is InChI=1S/C12H11N3S/c1-9-3-2-4-10(7-9)15-11(8-13)12-14-5-6-16-12/h2-7,11,15H,1H3. The molecule has 0 bridgehead atoms. The van der Waals surface area contributed by atoms with Crippen LogP contribution in [0.3, 0.4) is 0 Å². The summed E-state index contributed by atoms with van der Waals surface area (Å²) < 4.78 is 0. The van der Waals surface area contributed by atoms with E-state index in [1.54, 1.807) is 6.20 Å². The quantitative estimate of drug-likeness (QED) is 0.879. The summed E-state index contributed by atoms with van der Waals surface area (Å²) in [6.45, 7) is 2.02. The smallest absolute Gasteiger partial charge is 0.166 e. The summed E-state index contributed by atoms with van der Waals surface area (Å²) in [4.78, 5) is 4.14. The molecule has 1 aromatic carbocycles. The molecule has 4 heteroatoms. The number of anilines is 1. The highest BCUT2D eigenvalue weighted by atomic mass is 32.1. The highest BCUT2D eigenvalue weighted by Gasteiger charge is 2.12. The molecule has 3 nitrogen and oxygen atoms in total. The van der Waals surface area contributed by atoms with Crippen LogP contribution >= 0.6 is 11.3 Å². The maximum absolute atomic E-state index is 9.08. The van der Waals surface area contributed by atoms with Gasteiger partial charge in [0.25, 0.3) is 0 Å². The van der Waals surface area contributed by atoms with Crippen molar-refractivity contribution in [1.82, 2.24) is 4.98 Å². The van der Waals surface area contributed by atoms with Crippen LogP contribution in [0.5, 0.6) is 0 Å². The highest BCUT2D eigenvalue weighted by molar-refractivity contribution is 7.09. The van der Waals surface area contributed by atoms with Crippen LogP contribution in [0.25, 0.3) is 0 Å². The van der Waals surface area contributed by atoms with Crippen LogP contribution in [-0.4, -0.2) is 4.98 Å². The third kappa shape index (κ3) is 2.38. The molecular weight excluding hydrogens is 218 g/mol. The number of hydrogen-bond donors (Lipinski definition) is 1. The molecule has 1 heterocycles. The van der Waals surface area contributed by atoms with Gasteiger partial charge < -0.3 is 5.32 Å². The molecule has 0 aliphatic rings. The molecular formula is C12H11N3S. The van der Waals surface area contributed by atoms with Crippen molar-refractivity contribution in [1.29, 1.82) is 5.26 Å². The molecule has 0 amide bonds. The predicted molar refractivity (Wildman–Crippen MR) is 65.3 cm³/mol. The molecule has 0 radical (unpaired) electrons. The van der Waals surface area contributed by atoms with Crippen molar-refractivity contribution in [2.75, 3.05) is 5.32 Å². The fourth-order valence-electron chi connectivity index (χ4n) is 1.43. The molecule has 0 saturated heterocycles. The lowest BCUT2D eigenvalue weighted by atomic mass is 10.2. The molecule has 0 spiro atoms. The highest BCUT2D eigenvalue weighted by Crippen LogP contribution is 2.21. The lowest BCUT2D eigenvalue weighted by Crippen LogP contribution is -2.07. The summed E-state index contributed by atoms with van der Waals surface area (Å²) in [6, 6.07) is 9.79. The second-order valence-electron chi connectivity index (χ2n) is 3.45. The number of hydrogen-bond acceptors (Lipinski definition) is 4. The van der Waals surface area contributed by atoms with Gasteiger partial charge in [-0.15, -0.1) is 11.3 Å². The Morgan fingerprint density at radius 3 is 3.00 bits per heavy atom. The van der Waals surface area contributed by atoms with Crippen molar-refractivity contribution in [2.24, 2.45) is 0 Å². The average molecular weight is 229 g/mol. The number of thiazole rings is 1. The number of rotatable bonds is 3. The Bertz CT molecular complexity index is 499. The van der Waals surface area contributed by atoms with Crippen LogP contribution in [0.15, 0.2) is 35.8 Å². The van der Waals surface area contributed by atoms with Crippen molar-refractivity contribution in [3.8, 4) is 6.07 Å². The fourth-order valence-corrected chi connectivity index (χ4v) is 2.06. The normalized spacial score (nSPS) is 11.8. The number of nitriles is 1. The van der Waals surface area contributed by atoms with Crippen LogP contribution < -0.4 is 5.32 Å². The Labute approximate surface area is 98.4 Å². The van der Waals surface area contributed by atoms with E-state index in [2.05, 4.69) is 16.4 Å². The first-order valence-corrected chi connectivity index (χ1v) is 5.80. The topological polar surface area (TPSA) is 48.7 Å². The van der Waals surface area contributed by atoms with Gasteiger partial charge in [0, 0.05) is 17.3 Å². The van der Waals surface area contributed by atoms with Crippen molar-refractivity contribution >= 4 is 17.0 Å². The summed E-state index contributed by atoms with van der Waals surface area (Å²) in [6.07, 6.45) is 1.71. The average Bonchev–Trinajstić information content (AvgIpc) is 2.79. The molecule has 1 unspecified atom stereocenters. The summed E-state index contributed by atoms with van der Waals surface area (Å²) >= 11 is 1.48. The maximum Gasteiger partial charge on any atom is 0.166 e. The zero-order valence-electron chi connectivity index (χ0n) is 8.84. The minimum Gasteiger partial charge on any atom is -0.364 e. The number of benzene rings is 1. The summed E-state index contributed by atoms with van der Waals surface area (Å²) in [5, 5.41) is 14.9. The van der Waals surface area contributed by atoms with E-state index < -0.39 is 0 Å². The van der Waals surface area contributed by atoms with Gasteiger partial charge in [0.2, 0.25) is 0 Å². The van der Waals surface area contributed by atoms with Crippen LogP contribution in [-0.2, 0) is 0 Å². The van der Waals surface area contributed by atoms with Gasteiger partial charge >= 0.3 is 0 Å². The first-order chi connectivity index (χ1) is 7.79. The molecule has 0 saturated carbocycles. The van der Waals surface area contributed by atoms with E-state index in [-0.39, 0.29) is 6.04 Å². The Kier molecular flexibility index (Phi) is 3.18. The van der Waals surface area contributed by atoms with E-state index in [1.807, 2.05) is 36.6 Å². The van der Waals surface area contributed by atoms with Gasteiger partial charge in [0.1, 0.15) is 5.01 Å². The van der Waals surface area contributed by atoms with Gasteiger partial charge in [-0.1, -0.05) is 12.1 Å². The van der Waals surface area contributed by atoms with Crippen LogP contribution in [0.4, 0.5) is 5.69 Å². The molecule has 0 aliphatic carbocycles. The van der Waals surface area contributed by atoms with Gasteiger partial charge in [-0.05, 0) is 24.6 Å². The lowest BCUT2D eigenvalue weighted by Gasteiger charge is -2.10. The maximum atomic E-state index is 9.08. The summed E-state index contributed by atoms with van der Waals surface area (Å²) in [5.41, 5.74) is 2.11. The number of nitrogens with zero attached hydrogens (tertiary/aromatic N) is 2. The van der Waals surface area contributed by atoms with Gasteiger partial charge in [0.05, 0.1) is 6.07 Å². The predicted octanol–water partition coefficient (Wildman–Crippen LogP) is 3.13. The van der Waals surface area contributed by atoms with Crippen LogP contribution in [0.1, 0.15) is 16.6 Å². The van der Waals surface area contributed by atoms with Crippen molar-refractivity contribution in [3.63, 3.8) is 0 Å². The third-order valence-electron chi connectivity index (χ3n) is 2.16. The molecule has 16 heavy (non-hydrogen) atoms. The van der Waals surface area contributed by atoms with Gasteiger partial charge in [-0.3, -0.25) is 0 Å². The minimum atomic E-state index is -0.373. The zero-order valence-corrected chi connectivity index (χ0v) is 9.66. The van der Waals surface area contributed by atoms with Crippen molar-refractivity contribution < 1.29 is 0 Å². The van der Waals surface area contributed by atoms with E-state index >= 15 is 0 Å². The molecule has 2 rings (SSSR count). The molecule has 0 fully saturated rings. The minimum absolute atomic E-state index is 0.373. The first-order valence-electron chi connectivity index (χ1n) is 4.92. The molecule has 1 N–H and O–H groups in total. The number of aromatic nitrogens is 1.